The van der Waals surface area contributed by atoms with Gasteiger partial charge in [0.2, 0.25) is 17.1 Å². The van der Waals surface area contributed by atoms with Crippen molar-refractivity contribution in [3.05, 3.63) is 91.9 Å². The van der Waals surface area contributed by atoms with E-state index in [2.05, 4.69) is 4.90 Å². The van der Waals surface area contributed by atoms with Gasteiger partial charge in [0.05, 0.1) is 12.5 Å². The zero-order chi connectivity index (χ0) is 27.7. The van der Waals surface area contributed by atoms with Crippen molar-refractivity contribution < 1.29 is 23.8 Å². The fourth-order valence-corrected chi connectivity index (χ4v) is 5.75. The number of hydrogen-bond donors (Lipinski definition) is 3. The smallest absolute Gasteiger partial charge is 0.255 e. The Balaban J connectivity index is 1.43. The molecule has 39 heavy (non-hydrogen) atoms. The Labute approximate surface area is 223 Å². The van der Waals surface area contributed by atoms with Gasteiger partial charge in [-0.25, -0.2) is 0 Å². The molecule has 2 aromatic heterocycles. The van der Waals surface area contributed by atoms with Gasteiger partial charge in [0, 0.05) is 49.8 Å². The number of hydrogen-bond acceptors (Lipinski definition) is 8. The average molecular weight is 535 g/mol. The molecule has 3 atom stereocenters. The molecule has 5 N–H and O–H groups in total. The molecule has 0 saturated carbocycles. The third-order valence-corrected chi connectivity index (χ3v) is 7.30. The van der Waals surface area contributed by atoms with Crippen molar-refractivity contribution in [2.24, 2.45) is 17.4 Å². The van der Waals surface area contributed by atoms with Gasteiger partial charge in [-0.05, 0) is 36.1 Å². The first-order valence-corrected chi connectivity index (χ1v) is 12.7. The molecule has 2 aliphatic heterocycles. The van der Waals surface area contributed by atoms with Crippen molar-refractivity contribution in [3.8, 4) is 11.5 Å². The van der Waals surface area contributed by atoms with Crippen LogP contribution in [0.5, 0.6) is 11.5 Å². The van der Waals surface area contributed by atoms with Gasteiger partial charge >= 0.3 is 0 Å². The molecular weight excluding hydrogens is 504 g/mol. The minimum Gasteiger partial charge on any atom is -0.502 e. The minimum absolute atomic E-state index is 0.00871. The second-order valence-corrected chi connectivity index (χ2v) is 10.2. The van der Waals surface area contributed by atoms with Crippen LogP contribution >= 0.6 is 0 Å². The van der Waals surface area contributed by atoms with E-state index in [1.165, 1.54) is 6.07 Å². The van der Waals surface area contributed by atoms with E-state index in [9.17, 15) is 24.3 Å². The Bertz CT molecular complexity index is 1530. The van der Waals surface area contributed by atoms with Crippen LogP contribution in [-0.2, 0) is 22.7 Å². The van der Waals surface area contributed by atoms with Crippen LogP contribution in [0.25, 0.3) is 0 Å². The lowest BCUT2D eigenvalue weighted by Gasteiger charge is -2.42. The monoisotopic (exact) mass is 534 g/mol. The molecule has 2 aliphatic rings. The third kappa shape index (κ3) is 5.73. The molecule has 2 bridgehead atoms. The molecular formula is C28H30N4O7. The fraction of sp³-hybridized carbons (Fsp3) is 0.357. The summed E-state index contributed by atoms with van der Waals surface area (Å²) in [4.78, 5) is 50.4. The number of piperidine rings is 1. The van der Waals surface area contributed by atoms with Crippen molar-refractivity contribution in [2.75, 3.05) is 19.7 Å². The number of likely N-dealkylation sites (tertiary alicyclic amines) is 1. The Kier molecular flexibility index (Phi) is 7.25. The molecule has 0 unspecified atom stereocenters. The zero-order valence-corrected chi connectivity index (χ0v) is 21.2. The summed E-state index contributed by atoms with van der Waals surface area (Å²) in [6, 6.07) is 13.1. The summed E-state index contributed by atoms with van der Waals surface area (Å²) in [6.45, 7) is 2.03. The molecule has 204 valence electrons. The Hall–Kier alpha value is -4.38. The quantitative estimate of drug-likeness (QED) is 0.365. The number of pyridine rings is 1. The second kappa shape index (κ2) is 10.8. The van der Waals surface area contributed by atoms with E-state index < -0.39 is 28.9 Å². The average Bonchev–Trinajstić information content (AvgIpc) is 2.89. The van der Waals surface area contributed by atoms with Crippen LogP contribution in [0.15, 0.2) is 62.5 Å². The first-order chi connectivity index (χ1) is 18.7. The predicted molar refractivity (Wildman–Crippen MR) is 140 cm³/mol. The van der Waals surface area contributed by atoms with Gasteiger partial charge in [-0.1, -0.05) is 18.2 Å². The normalized spacial score (nSPS) is 19.2. The number of ether oxygens (including phenoxy) is 1. The number of rotatable bonds is 9. The van der Waals surface area contributed by atoms with Crippen molar-refractivity contribution >= 4 is 11.8 Å². The maximum atomic E-state index is 12.8. The van der Waals surface area contributed by atoms with Gasteiger partial charge in [0.15, 0.2) is 12.4 Å². The molecule has 1 fully saturated rings. The van der Waals surface area contributed by atoms with Gasteiger partial charge in [0.25, 0.3) is 11.5 Å². The summed E-state index contributed by atoms with van der Waals surface area (Å²) < 4.78 is 13.3. The van der Waals surface area contributed by atoms with E-state index in [4.69, 9.17) is 20.6 Å². The summed E-state index contributed by atoms with van der Waals surface area (Å²) in [6.07, 6.45) is 0.748. The first kappa shape index (κ1) is 26.2. The molecule has 2 amide bonds. The van der Waals surface area contributed by atoms with Crippen molar-refractivity contribution in [1.82, 2.24) is 9.47 Å². The number of nitrogens with zero attached hydrogens (tertiary/aromatic N) is 2. The molecule has 4 heterocycles. The number of aromatic nitrogens is 1. The van der Waals surface area contributed by atoms with Gasteiger partial charge in [-0.15, -0.1) is 0 Å². The highest BCUT2D eigenvalue weighted by Crippen LogP contribution is 2.37. The number of carbonyl (C=O) groups is 2. The molecule has 0 radical (unpaired) electrons. The highest BCUT2D eigenvalue weighted by atomic mass is 16.5. The number of nitrogens with two attached hydrogens (primary N) is 2. The molecule has 1 saturated heterocycles. The van der Waals surface area contributed by atoms with Gasteiger partial charge in [-0.2, -0.15) is 0 Å². The highest BCUT2D eigenvalue weighted by Gasteiger charge is 2.35. The van der Waals surface area contributed by atoms with Gasteiger partial charge < -0.3 is 30.3 Å². The van der Waals surface area contributed by atoms with E-state index in [-0.39, 0.29) is 36.2 Å². The SMILES string of the molecule is NC(=O)COc1cccc([C@H](CC(N)=O)c2oc(CN3C[C@H]4C[C@@H](C3)c3cccc(=O)n3C4)cc(=O)c2O)c1. The highest BCUT2D eigenvalue weighted by molar-refractivity contribution is 5.76. The zero-order valence-electron chi connectivity index (χ0n) is 21.2. The summed E-state index contributed by atoms with van der Waals surface area (Å²) in [5, 5.41) is 10.7. The van der Waals surface area contributed by atoms with E-state index in [1.807, 2.05) is 10.6 Å². The Morgan fingerprint density at radius 1 is 1.05 bits per heavy atom. The van der Waals surface area contributed by atoms with Crippen molar-refractivity contribution in [1.29, 1.82) is 0 Å². The summed E-state index contributed by atoms with van der Waals surface area (Å²) >= 11 is 0. The maximum absolute atomic E-state index is 12.8. The maximum Gasteiger partial charge on any atom is 0.255 e. The molecule has 0 aliphatic carbocycles. The molecule has 11 heteroatoms. The summed E-state index contributed by atoms with van der Waals surface area (Å²) in [5.41, 5.74) is 11.6. The molecule has 0 spiro atoms. The van der Waals surface area contributed by atoms with Crippen LogP contribution in [0.2, 0.25) is 0 Å². The van der Waals surface area contributed by atoms with E-state index in [0.717, 1.165) is 18.7 Å². The topological polar surface area (TPSA) is 171 Å². The van der Waals surface area contributed by atoms with E-state index in [0.29, 0.717) is 36.7 Å². The van der Waals surface area contributed by atoms with Gasteiger partial charge in [-0.3, -0.25) is 24.1 Å². The fourth-order valence-electron chi connectivity index (χ4n) is 5.75. The van der Waals surface area contributed by atoms with Crippen LogP contribution in [0.1, 0.15) is 47.5 Å². The largest absolute Gasteiger partial charge is 0.502 e. The van der Waals surface area contributed by atoms with Crippen LogP contribution in [0.3, 0.4) is 0 Å². The molecule has 5 rings (SSSR count). The number of fused-ring (bicyclic) bond motifs is 4. The van der Waals surface area contributed by atoms with Crippen molar-refractivity contribution in [2.45, 2.75) is 37.8 Å². The lowest BCUT2D eigenvalue weighted by molar-refractivity contribution is -0.120. The van der Waals surface area contributed by atoms with E-state index in [1.54, 1.807) is 36.4 Å². The second-order valence-electron chi connectivity index (χ2n) is 10.2. The molecule has 11 nitrogen and oxygen atoms in total. The molecule has 1 aromatic carbocycles. The van der Waals surface area contributed by atoms with Crippen LogP contribution < -0.4 is 27.2 Å². The summed E-state index contributed by atoms with van der Waals surface area (Å²) in [7, 11) is 0. The minimum atomic E-state index is -0.869. The number of benzene rings is 1. The predicted octanol–water partition coefficient (Wildman–Crippen LogP) is 0.998. The van der Waals surface area contributed by atoms with Gasteiger partial charge in [0.1, 0.15) is 11.5 Å². The Morgan fingerprint density at radius 2 is 1.85 bits per heavy atom. The van der Waals surface area contributed by atoms with Crippen LogP contribution in [0.4, 0.5) is 0 Å². The number of amides is 2. The number of primary amides is 2. The number of aromatic hydroxyl groups is 1. The van der Waals surface area contributed by atoms with E-state index >= 15 is 0 Å². The third-order valence-electron chi connectivity index (χ3n) is 7.30. The summed E-state index contributed by atoms with van der Waals surface area (Å²) in [5.74, 6) is -1.73. The van der Waals surface area contributed by atoms with Crippen LogP contribution in [0, 0.1) is 5.92 Å². The standard InChI is InChI=1S/C28H30N4O7/c29-24(34)10-21(17-3-1-4-19(8-17)38-15-25(30)35)28-27(37)23(33)9-20(39-28)14-31-11-16-7-18(13-31)22-5-2-6-26(36)32(22)12-16/h1-6,8-9,16,18,21,37H,7,10-15H2,(H2,29,34)(H2,30,35)/t16-,18+,21+/m1/s1. The molecule has 3 aromatic rings. The lowest BCUT2D eigenvalue weighted by Crippen LogP contribution is -2.46. The number of carbonyl (C=O) groups excluding carboxylic acids is 2. The lowest BCUT2D eigenvalue weighted by atomic mass is 9.83. The van der Waals surface area contributed by atoms with Crippen LogP contribution in [-0.4, -0.2) is 46.1 Å². The Morgan fingerprint density at radius 3 is 2.62 bits per heavy atom. The van der Waals surface area contributed by atoms with Crippen molar-refractivity contribution in [3.63, 3.8) is 0 Å². The first-order valence-electron chi connectivity index (χ1n) is 12.7.